The number of piperidine rings is 1. The van der Waals surface area contributed by atoms with E-state index in [4.69, 9.17) is 14.2 Å². The van der Waals surface area contributed by atoms with E-state index in [1.54, 1.807) is 12.3 Å². The molecule has 10 heteroatoms. The van der Waals surface area contributed by atoms with E-state index in [2.05, 4.69) is 29.0 Å². The van der Waals surface area contributed by atoms with Crippen LogP contribution in [-0.2, 0) is 0 Å². The van der Waals surface area contributed by atoms with Gasteiger partial charge in [0.05, 0.1) is 25.6 Å². The quantitative estimate of drug-likeness (QED) is 0.321. The molecule has 1 amide bonds. The van der Waals surface area contributed by atoms with Gasteiger partial charge in [-0.15, -0.1) is 0 Å². The van der Waals surface area contributed by atoms with Crippen LogP contribution in [0.1, 0.15) is 62.7 Å². The fourth-order valence-corrected chi connectivity index (χ4v) is 5.41. The van der Waals surface area contributed by atoms with Crippen LogP contribution in [0.2, 0.25) is 0 Å². The minimum absolute atomic E-state index is 0.0494. The zero-order valence-corrected chi connectivity index (χ0v) is 22.7. The molecule has 210 valence electrons. The van der Waals surface area contributed by atoms with Crippen molar-refractivity contribution in [2.75, 3.05) is 20.3 Å². The molecule has 0 radical (unpaired) electrons. The molecule has 1 aliphatic heterocycles. The second-order valence-electron chi connectivity index (χ2n) is 10.5. The number of carbonyl (C=O) groups is 1. The number of carbonyl (C=O) groups excluding carboxylic acids is 1. The number of fused-ring (bicyclic) bond motifs is 1. The minimum atomic E-state index is -3.10. The summed E-state index contributed by atoms with van der Waals surface area (Å²) in [7, 11) is 1.39. The summed E-state index contributed by atoms with van der Waals surface area (Å²) in [5.74, 6) is 0.116. The van der Waals surface area contributed by atoms with Crippen molar-refractivity contribution in [2.45, 2.75) is 77.1 Å². The number of nitrogens with one attached hydrogen (secondary N) is 1. The molecular formula is C29H36F2N4O4. The molecule has 2 unspecified atom stereocenters. The zero-order valence-electron chi connectivity index (χ0n) is 22.7. The SMILES string of the molecule is COc1cc(-c2cnc3cc(OCCCN4C(C)CCCC4C)ccn23)cc(OC(F)F)c1C(=O)NC1CC1. The molecule has 3 heterocycles. The Morgan fingerprint density at radius 3 is 2.56 bits per heavy atom. The number of alkyl halides is 2. The van der Waals surface area contributed by atoms with Crippen molar-refractivity contribution in [1.82, 2.24) is 19.6 Å². The second-order valence-corrected chi connectivity index (χ2v) is 10.5. The molecule has 2 fully saturated rings. The smallest absolute Gasteiger partial charge is 0.387 e. The van der Waals surface area contributed by atoms with E-state index in [9.17, 15) is 13.6 Å². The number of amides is 1. The molecular weight excluding hydrogens is 506 g/mol. The van der Waals surface area contributed by atoms with Crippen LogP contribution in [0, 0.1) is 0 Å². The van der Waals surface area contributed by atoms with Gasteiger partial charge in [-0.1, -0.05) is 6.42 Å². The van der Waals surface area contributed by atoms with Crippen molar-refractivity contribution >= 4 is 11.6 Å². The van der Waals surface area contributed by atoms with Crippen LogP contribution in [0.3, 0.4) is 0 Å². The van der Waals surface area contributed by atoms with Crippen molar-refractivity contribution < 1.29 is 27.8 Å². The van der Waals surface area contributed by atoms with Gasteiger partial charge in [0.25, 0.3) is 5.91 Å². The second kappa shape index (κ2) is 11.8. The summed E-state index contributed by atoms with van der Waals surface area (Å²) in [6.45, 7) is 3.12. The first kappa shape index (κ1) is 27.2. The minimum Gasteiger partial charge on any atom is -0.496 e. The van der Waals surface area contributed by atoms with Crippen LogP contribution in [0.4, 0.5) is 8.78 Å². The van der Waals surface area contributed by atoms with Crippen molar-refractivity contribution in [3.8, 4) is 28.5 Å². The van der Waals surface area contributed by atoms with E-state index < -0.39 is 12.5 Å². The van der Waals surface area contributed by atoms with Gasteiger partial charge in [-0.25, -0.2) is 4.98 Å². The van der Waals surface area contributed by atoms with Crippen molar-refractivity contribution in [3.05, 3.63) is 42.2 Å². The predicted octanol–water partition coefficient (Wildman–Crippen LogP) is 5.54. The van der Waals surface area contributed by atoms with Gasteiger partial charge in [0.15, 0.2) is 0 Å². The summed E-state index contributed by atoms with van der Waals surface area (Å²) in [5, 5.41) is 2.81. The molecule has 39 heavy (non-hydrogen) atoms. The van der Waals surface area contributed by atoms with Gasteiger partial charge in [0.2, 0.25) is 0 Å². The molecule has 1 N–H and O–H groups in total. The Morgan fingerprint density at radius 2 is 1.87 bits per heavy atom. The fourth-order valence-electron chi connectivity index (χ4n) is 5.41. The number of halogens is 2. The van der Waals surface area contributed by atoms with Crippen LogP contribution >= 0.6 is 0 Å². The van der Waals surface area contributed by atoms with Crippen LogP contribution in [-0.4, -0.2) is 65.2 Å². The lowest BCUT2D eigenvalue weighted by atomic mass is 9.97. The maximum absolute atomic E-state index is 13.3. The first-order valence-electron chi connectivity index (χ1n) is 13.7. The first-order valence-corrected chi connectivity index (χ1v) is 13.7. The lowest BCUT2D eigenvalue weighted by molar-refractivity contribution is -0.0502. The number of benzene rings is 1. The number of ether oxygens (including phenoxy) is 3. The standard InChI is InChI=1S/C29H36F2N4O4/c1-18-6-4-7-19(2)34(18)11-5-13-38-22-10-12-35-23(17-32-26(35)16-22)20-14-24(37-3)27(25(15-20)39-29(30)31)28(36)33-21-8-9-21/h10,12,14-19,21,29H,4-9,11,13H2,1-3H3,(H,33,36). The molecule has 1 saturated carbocycles. The highest BCUT2D eigenvalue weighted by atomic mass is 19.3. The number of imidazole rings is 1. The Kier molecular flexibility index (Phi) is 8.20. The number of methoxy groups -OCH3 is 1. The predicted molar refractivity (Wildman–Crippen MR) is 144 cm³/mol. The third-order valence-corrected chi connectivity index (χ3v) is 7.63. The molecule has 0 spiro atoms. The molecule has 8 nitrogen and oxygen atoms in total. The van der Waals surface area contributed by atoms with E-state index in [1.165, 1.54) is 32.4 Å². The first-order chi connectivity index (χ1) is 18.8. The summed E-state index contributed by atoms with van der Waals surface area (Å²) < 4.78 is 44.6. The highest BCUT2D eigenvalue weighted by Crippen LogP contribution is 2.37. The maximum atomic E-state index is 13.3. The summed E-state index contributed by atoms with van der Waals surface area (Å²) in [6, 6.07) is 8.04. The molecule has 5 rings (SSSR count). The average Bonchev–Trinajstić information content (AvgIpc) is 3.62. The Balaban J connectivity index is 1.33. The number of rotatable bonds is 11. The van der Waals surface area contributed by atoms with Gasteiger partial charge in [-0.3, -0.25) is 14.1 Å². The Hall–Kier alpha value is -3.40. The molecule has 0 bridgehead atoms. The third kappa shape index (κ3) is 6.27. The summed E-state index contributed by atoms with van der Waals surface area (Å²) in [4.78, 5) is 19.9. The number of aromatic nitrogens is 2. The van der Waals surface area contributed by atoms with Crippen molar-refractivity contribution in [2.24, 2.45) is 0 Å². The molecule has 1 aromatic carbocycles. The lowest BCUT2D eigenvalue weighted by Crippen LogP contribution is -2.44. The van der Waals surface area contributed by atoms with Gasteiger partial charge < -0.3 is 19.5 Å². The molecule has 1 saturated heterocycles. The van der Waals surface area contributed by atoms with E-state index >= 15 is 0 Å². The Morgan fingerprint density at radius 1 is 1.13 bits per heavy atom. The highest BCUT2D eigenvalue weighted by Gasteiger charge is 2.29. The van der Waals surface area contributed by atoms with Crippen LogP contribution in [0.5, 0.6) is 17.2 Å². The zero-order chi connectivity index (χ0) is 27.5. The van der Waals surface area contributed by atoms with Crippen molar-refractivity contribution in [1.29, 1.82) is 0 Å². The van der Waals surface area contributed by atoms with Gasteiger partial charge >= 0.3 is 6.61 Å². The highest BCUT2D eigenvalue weighted by molar-refractivity contribution is 6.01. The maximum Gasteiger partial charge on any atom is 0.387 e. The van der Waals surface area contributed by atoms with E-state index in [-0.39, 0.29) is 23.1 Å². The molecule has 2 atom stereocenters. The van der Waals surface area contributed by atoms with Gasteiger partial charge in [-0.2, -0.15) is 8.78 Å². The third-order valence-electron chi connectivity index (χ3n) is 7.63. The van der Waals surface area contributed by atoms with E-state index in [0.717, 1.165) is 25.8 Å². The monoisotopic (exact) mass is 542 g/mol. The summed E-state index contributed by atoms with van der Waals surface area (Å²) >= 11 is 0. The Bertz CT molecular complexity index is 1300. The summed E-state index contributed by atoms with van der Waals surface area (Å²) in [6.07, 6.45) is 9.94. The number of hydrogen-bond donors (Lipinski definition) is 1. The van der Waals surface area contributed by atoms with Gasteiger partial charge in [0.1, 0.15) is 28.5 Å². The van der Waals surface area contributed by atoms with Crippen LogP contribution in [0.25, 0.3) is 16.9 Å². The van der Waals surface area contributed by atoms with Crippen LogP contribution < -0.4 is 19.5 Å². The molecule has 2 aliphatic rings. The van der Waals surface area contributed by atoms with E-state index in [1.807, 2.05) is 22.7 Å². The van der Waals surface area contributed by atoms with Gasteiger partial charge in [0, 0.05) is 42.5 Å². The van der Waals surface area contributed by atoms with Crippen molar-refractivity contribution in [3.63, 3.8) is 0 Å². The molecule has 1 aliphatic carbocycles. The Labute approximate surface area is 227 Å². The summed E-state index contributed by atoms with van der Waals surface area (Å²) in [5.41, 5.74) is 1.76. The van der Waals surface area contributed by atoms with Gasteiger partial charge in [-0.05, 0) is 64.2 Å². The lowest BCUT2D eigenvalue weighted by Gasteiger charge is -2.39. The number of pyridine rings is 1. The number of likely N-dealkylation sites (tertiary alicyclic amines) is 1. The van der Waals surface area contributed by atoms with E-state index in [0.29, 0.717) is 41.3 Å². The largest absolute Gasteiger partial charge is 0.496 e. The fraction of sp³-hybridized carbons (Fsp3) is 0.517. The normalized spacial score (nSPS) is 19.8. The molecule has 3 aromatic rings. The number of nitrogens with zero attached hydrogens (tertiary/aromatic N) is 3. The average molecular weight is 543 g/mol. The number of hydrogen-bond acceptors (Lipinski definition) is 6. The molecule has 2 aromatic heterocycles. The van der Waals surface area contributed by atoms with Crippen LogP contribution in [0.15, 0.2) is 36.7 Å². The topological polar surface area (TPSA) is 77.3 Å².